The first-order valence-electron chi connectivity index (χ1n) is 7.54. The summed E-state index contributed by atoms with van der Waals surface area (Å²) in [5.41, 5.74) is 0. The maximum absolute atomic E-state index is 11.1. The van der Waals surface area contributed by atoms with Gasteiger partial charge in [0.05, 0.1) is 16.2 Å². The Morgan fingerprint density at radius 2 is 1.45 bits per heavy atom. The van der Waals surface area contributed by atoms with E-state index < -0.39 is 15.4 Å². The Labute approximate surface area is 167 Å². The van der Waals surface area contributed by atoms with Crippen LogP contribution in [-0.2, 0) is 10.1 Å². The molecular formula is C14H29KO4S. The van der Waals surface area contributed by atoms with E-state index in [9.17, 15) is 18.1 Å². The first-order chi connectivity index (χ1) is 8.91. The van der Waals surface area contributed by atoms with Crippen LogP contribution in [0.25, 0.3) is 0 Å². The molecule has 0 aromatic rings. The molecule has 0 spiro atoms. The average Bonchev–Trinajstić information content (AvgIpc) is 2.35. The molecule has 0 aromatic carbocycles. The molecule has 0 rings (SSSR count). The van der Waals surface area contributed by atoms with Crippen molar-refractivity contribution in [1.82, 2.24) is 0 Å². The van der Waals surface area contributed by atoms with Crippen molar-refractivity contribution in [3.63, 3.8) is 0 Å². The Hall–Kier alpha value is 1.51. The largest absolute Gasteiger partial charge is 1.00 e. The SMILES string of the molecule is CCCCC(CCCCCCC(O)CC)S(=O)(=O)[O-].[K+]. The molecule has 0 saturated carbocycles. The number of hydrogen-bond acceptors (Lipinski definition) is 4. The summed E-state index contributed by atoms with van der Waals surface area (Å²) in [7, 11) is -4.14. The van der Waals surface area contributed by atoms with Crippen molar-refractivity contribution < 1.29 is 69.5 Å². The molecule has 20 heavy (non-hydrogen) atoms. The number of rotatable bonds is 12. The van der Waals surface area contributed by atoms with Gasteiger partial charge in [-0.1, -0.05) is 52.4 Å². The van der Waals surface area contributed by atoms with Crippen LogP contribution < -0.4 is 51.4 Å². The molecule has 0 aliphatic rings. The zero-order valence-corrected chi connectivity index (χ0v) is 17.2. The number of hydrogen-bond donors (Lipinski definition) is 1. The van der Waals surface area contributed by atoms with Crippen molar-refractivity contribution >= 4 is 10.1 Å². The van der Waals surface area contributed by atoms with Gasteiger partial charge < -0.3 is 9.66 Å². The van der Waals surface area contributed by atoms with Gasteiger partial charge in [-0.15, -0.1) is 0 Å². The van der Waals surface area contributed by atoms with Gasteiger partial charge in [0.15, 0.2) is 0 Å². The molecule has 0 bridgehead atoms. The Kier molecular flexibility index (Phi) is 16.8. The van der Waals surface area contributed by atoms with Crippen LogP contribution >= 0.6 is 0 Å². The summed E-state index contributed by atoms with van der Waals surface area (Å²) < 4.78 is 33.3. The van der Waals surface area contributed by atoms with Crippen LogP contribution in [0.3, 0.4) is 0 Å². The Morgan fingerprint density at radius 1 is 0.950 bits per heavy atom. The molecule has 1 N–H and O–H groups in total. The maximum atomic E-state index is 11.1. The predicted octanol–water partition coefficient (Wildman–Crippen LogP) is 0.206. The summed E-state index contributed by atoms with van der Waals surface area (Å²) >= 11 is 0. The van der Waals surface area contributed by atoms with Gasteiger partial charge in [0, 0.05) is 5.25 Å². The van der Waals surface area contributed by atoms with Crippen LogP contribution in [-0.4, -0.2) is 29.4 Å². The van der Waals surface area contributed by atoms with Crippen LogP contribution in [0.4, 0.5) is 0 Å². The standard InChI is InChI=1S/C14H30O4S.K/c1-3-5-11-14(19(16,17)18)12-9-7-6-8-10-13(15)4-2;/h13-15H,3-12H2,1-2H3,(H,16,17,18);/q;+1/p-1. The maximum Gasteiger partial charge on any atom is 1.00 e. The van der Waals surface area contributed by atoms with E-state index in [-0.39, 0.29) is 57.5 Å². The molecule has 0 saturated heterocycles. The third-order valence-electron chi connectivity index (χ3n) is 3.57. The van der Waals surface area contributed by atoms with E-state index in [1.807, 2.05) is 13.8 Å². The second-order valence-electron chi connectivity index (χ2n) is 5.31. The molecule has 0 aromatic heterocycles. The third-order valence-corrected chi connectivity index (χ3v) is 4.86. The normalized spacial score (nSPS) is 14.6. The predicted molar refractivity (Wildman–Crippen MR) is 77.0 cm³/mol. The Balaban J connectivity index is 0. The second kappa shape index (κ2) is 14.1. The van der Waals surface area contributed by atoms with Crippen LogP contribution in [0.2, 0.25) is 0 Å². The van der Waals surface area contributed by atoms with E-state index in [1.165, 1.54) is 0 Å². The van der Waals surface area contributed by atoms with Gasteiger partial charge in [0.2, 0.25) is 0 Å². The number of unbranched alkanes of at least 4 members (excludes halogenated alkanes) is 4. The van der Waals surface area contributed by atoms with Crippen LogP contribution in [0.15, 0.2) is 0 Å². The Morgan fingerprint density at radius 3 is 1.90 bits per heavy atom. The van der Waals surface area contributed by atoms with Gasteiger partial charge in [0.25, 0.3) is 0 Å². The molecule has 0 fully saturated rings. The number of aliphatic hydroxyl groups is 1. The van der Waals surface area contributed by atoms with Crippen LogP contribution in [0.5, 0.6) is 0 Å². The summed E-state index contributed by atoms with van der Waals surface area (Å²) in [4.78, 5) is 0. The van der Waals surface area contributed by atoms with Crippen molar-refractivity contribution in [2.45, 2.75) is 89.4 Å². The van der Waals surface area contributed by atoms with E-state index in [4.69, 9.17) is 0 Å². The molecule has 0 radical (unpaired) electrons. The minimum absolute atomic E-state index is 0. The van der Waals surface area contributed by atoms with Crippen LogP contribution in [0, 0.1) is 0 Å². The first-order valence-corrected chi connectivity index (χ1v) is 9.01. The fourth-order valence-electron chi connectivity index (χ4n) is 2.17. The van der Waals surface area contributed by atoms with Gasteiger partial charge in [-0.3, -0.25) is 0 Å². The van der Waals surface area contributed by atoms with Crippen molar-refractivity contribution in [1.29, 1.82) is 0 Å². The summed E-state index contributed by atoms with van der Waals surface area (Å²) in [5.74, 6) is 0. The van der Waals surface area contributed by atoms with Crippen molar-refractivity contribution in [3.8, 4) is 0 Å². The third kappa shape index (κ3) is 13.2. The van der Waals surface area contributed by atoms with E-state index >= 15 is 0 Å². The van der Waals surface area contributed by atoms with E-state index in [1.54, 1.807) is 0 Å². The van der Waals surface area contributed by atoms with Gasteiger partial charge in [-0.25, -0.2) is 8.42 Å². The molecule has 6 heteroatoms. The fourth-order valence-corrected chi connectivity index (χ4v) is 3.09. The van der Waals surface area contributed by atoms with Crippen molar-refractivity contribution in [3.05, 3.63) is 0 Å². The van der Waals surface area contributed by atoms with E-state index in [0.29, 0.717) is 12.8 Å². The van der Waals surface area contributed by atoms with E-state index in [2.05, 4.69) is 0 Å². The molecule has 116 valence electrons. The Bertz CT molecular complexity index is 306. The summed E-state index contributed by atoms with van der Waals surface area (Å²) in [6.45, 7) is 3.95. The fraction of sp³-hybridized carbons (Fsp3) is 1.00. The molecular weight excluding hydrogens is 303 g/mol. The molecule has 0 aliphatic carbocycles. The zero-order chi connectivity index (χ0) is 14.7. The van der Waals surface area contributed by atoms with Gasteiger partial charge in [-0.05, 0) is 25.7 Å². The minimum Gasteiger partial charge on any atom is -0.748 e. The molecule has 2 atom stereocenters. The van der Waals surface area contributed by atoms with Crippen LogP contribution in [0.1, 0.15) is 78.1 Å². The summed E-state index contributed by atoms with van der Waals surface area (Å²) in [5, 5.41) is 8.69. The molecule has 2 unspecified atom stereocenters. The van der Waals surface area contributed by atoms with Crippen molar-refractivity contribution in [2.24, 2.45) is 0 Å². The second-order valence-corrected chi connectivity index (χ2v) is 6.96. The first kappa shape index (κ1) is 23.8. The molecule has 0 amide bonds. The monoisotopic (exact) mass is 332 g/mol. The molecule has 0 heterocycles. The smallest absolute Gasteiger partial charge is 0.748 e. The topological polar surface area (TPSA) is 77.4 Å². The molecule has 4 nitrogen and oxygen atoms in total. The van der Waals surface area contributed by atoms with Gasteiger partial charge in [0.1, 0.15) is 0 Å². The summed E-state index contributed by atoms with van der Waals surface area (Å²) in [6.07, 6.45) is 7.79. The van der Waals surface area contributed by atoms with Gasteiger partial charge in [-0.2, -0.15) is 0 Å². The van der Waals surface area contributed by atoms with Gasteiger partial charge >= 0.3 is 51.4 Å². The minimum atomic E-state index is -4.14. The average molecular weight is 333 g/mol. The number of aliphatic hydroxyl groups excluding tert-OH is 1. The quantitative estimate of drug-likeness (QED) is 0.315. The van der Waals surface area contributed by atoms with E-state index in [0.717, 1.165) is 51.4 Å². The zero-order valence-electron chi connectivity index (χ0n) is 13.3. The molecule has 0 aliphatic heterocycles. The summed E-state index contributed by atoms with van der Waals surface area (Å²) in [6, 6.07) is 0. The van der Waals surface area contributed by atoms with Crippen molar-refractivity contribution in [2.75, 3.05) is 0 Å².